The van der Waals surface area contributed by atoms with Crippen LogP contribution in [0.25, 0.3) is 0 Å². The summed E-state index contributed by atoms with van der Waals surface area (Å²) in [5, 5.41) is 0. The first kappa shape index (κ1) is 27.1. The number of benzene rings is 1. The van der Waals surface area contributed by atoms with Crippen LogP contribution >= 0.6 is 0 Å². The lowest BCUT2D eigenvalue weighted by molar-refractivity contribution is 0.359. The molecule has 0 N–H and O–H groups in total. The van der Waals surface area contributed by atoms with E-state index in [0.29, 0.717) is 0 Å². The molecule has 1 nitrogen and oxygen atoms in total. The van der Waals surface area contributed by atoms with Crippen LogP contribution in [0, 0.1) is 6.61 Å². The van der Waals surface area contributed by atoms with E-state index in [0.717, 1.165) is 12.2 Å². The Kier molecular flexibility index (Phi) is 12.8. The van der Waals surface area contributed by atoms with Crippen molar-refractivity contribution in [2.24, 2.45) is 0 Å². The minimum atomic E-state index is 0.135. The van der Waals surface area contributed by atoms with Gasteiger partial charge in [0, 0.05) is 5.56 Å². The zero-order valence-electron chi connectivity index (χ0n) is 21.4. The summed E-state index contributed by atoms with van der Waals surface area (Å²) in [5.74, 6) is 1.07. The Morgan fingerprint density at radius 2 is 1.27 bits per heavy atom. The molecule has 1 aromatic rings. The Balaban J connectivity index is 2.99. The third-order valence-corrected chi connectivity index (χ3v) is 6.69. The first-order valence-electron chi connectivity index (χ1n) is 12.9. The van der Waals surface area contributed by atoms with Crippen LogP contribution < -0.4 is 4.74 Å². The Morgan fingerprint density at radius 1 is 0.700 bits per heavy atom. The van der Waals surface area contributed by atoms with Crippen molar-refractivity contribution in [1.29, 1.82) is 0 Å². The van der Waals surface area contributed by atoms with Crippen molar-refractivity contribution in [3.05, 3.63) is 35.9 Å². The summed E-state index contributed by atoms with van der Waals surface area (Å²) >= 11 is 0. The fraction of sp³-hybridized carbons (Fsp3) is 0.759. The maximum Gasteiger partial charge on any atom is 0.135 e. The SMILES string of the molecule is CCCCCC[CH]Oc1ccc(C(C)(C)CCCCC)cc1C(C)(C)CCCCC. The highest BCUT2D eigenvalue weighted by Gasteiger charge is 2.28. The van der Waals surface area contributed by atoms with Gasteiger partial charge in [-0.2, -0.15) is 0 Å². The molecule has 173 valence electrons. The second-order valence-corrected chi connectivity index (χ2v) is 10.5. The van der Waals surface area contributed by atoms with E-state index >= 15 is 0 Å². The van der Waals surface area contributed by atoms with Crippen molar-refractivity contribution in [3.63, 3.8) is 0 Å². The summed E-state index contributed by atoms with van der Waals surface area (Å²) in [6, 6.07) is 7.03. The van der Waals surface area contributed by atoms with Gasteiger partial charge in [0.25, 0.3) is 0 Å². The zero-order valence-corrected chi connectivity index (χ0v) is 21.4. The summed E-state index contributed by atoms with van der Waals surface area (Å²) in [4.78, 5) is 0. The summed E-state index contributed by atoms with van der Waals surface area (Å²) in [6.07, 6.45) is 16.4. The van der Waals surface area contributed by atoms with Crippen LogP contribution in [-0.4, -0.2) is 0 Å². The maximum absolute atomic E-state index is 6.25. The molecule has 0 amide bonds. The standard InChI is InChI=1S/C29H51O/c1-8-11-14-15-18-23-30-27-20-19-25(28(4,5)21-16-12-9-2)24-26(27)29(6,7)22-17-13-10-3/h19-20,23-24H,8-18,21-22H2,1-7H3. The lowest BCUT2D eigenvalue weighted by Crippen LogP contribution is -2.22. The van der Waals surface area contributed by atoms with Crippen LogP contribution in [-0.2, 0) is 10.8 Å². The van der Waals surface area contributed by atoms with E-state index in [1.54, 1.807) is 0 Å². The van der Waals surface area contributed by atoms with Gasteiger partial charge >= 0.3 is 0 Å². The van der Waals surface area contributed by atoms with E-state index in [4.69, 9.17) is 4.74 Å². The Bertz CT molecular complexity index is 570. The van der Waals surface area contributed by atoms with Crippen LogP contribution in [0.1, 0.15) is 143 Å². The molecule has 0 aliphatic heterocycles. The summed E-state index contributed by atoms with van der Waals surface area (Å²) in [6.45, 7) is 18.5. The normalized spacial score (nSPS) is 12.4. The molecule has 30 heavy (non-hydrogen) atoms. The topological polar surface area (TPSA) is 9.23 Å². The van der Waals surface area contributed by atoms with E-state index in [1.807, 2.05) is 6.61 Å². The first-order valence-corrected chi connectivity index (χ1v) is 12.9. The highest BCUT2D eigenvalue weighted by molar-refractivity contribution is 5.44. The molecule has 0 unspecified atom stereocenters. The molecule has 0 aromatic heterocycles. The van der Waals surface area contributed by atoms with Crippen LogP contribution in [0.15, 0.2) is 18.2 Å². The van der Waals surface area contributed by atoms with Gasteiger partial charge in [-0.05, 0) is 48.1 Å². The third-order valence-electron chi connectivity index (χ3n) is 6.69. The van der Waals surface area contributed by atoms with Gasteiger partial charge in [-0.3, -0.25) is 0 Å². The molecule has 0 fully saturated rings. The molecule has 0 atom stereocenters. The fourth-order valence-corrected chi connectivity index (χ4v) is 4.30. The van der Waals surface area contributed by atoms with Gasteiger partial charge in [0.05, 0.1) is 0 Å². The van der Waals surface area contributed by atoms with Crippen LogP contribution in [0.2, 0.25) is 0 Å². The smallest absolute Gasteiger partial charge is 0.135 e. The fourth-order valence-electron chi connectivity index (χ4n) is 4.30. The lowest BCUT2D eigenvalue weighted by atomic mass is 9.74. The largest absolute Gasteiger partial charge is 0.486 e. The first-order chi connectivity index (χ1) is 14.3. The Hall–Kier alpha value is -0.980. The van der Waals surface area contributed by atoms with Crippen molar-refractivity contribution < 1.29 is 4.74 Å². The molecule has 1 rings (SSSR count). The molecule has 1 heteroatoms. The second kappa shape index (κ2) is 14.2. The van der Waals surface area contributed by atoms with E-state index in [-0.39, 0.29) is 10.8 Å². The van der Waals surface area contributed by atoms with Gasteiger partial charge in [0.2, 0.25) is 0 Å². The molecule has 0 bridgehead atoms. The van der Waals surface area contributed by atoms with Crippen molar-refractivity contribution >= 4 is 0 Å². The number of rotatable bonds is 17. The van der Waals surface area contributed by atoms with Crippen molar-refractivity contribution in [3.8, 4) is 5.75 Å². The van der Waals surface area contributed by atoms with Gasteiger partial charge in [-0.1, -0.05) is 118 Å². The lowest BCUT2D eigenvalue weighted by Gasteiger charge is -2.32. The Labute approximate surface area is 189 Å². The van der Waals surface area contributed by atoms with Gasteiger partial charge in [0.15, 0.2) is 0 Å². The van der Waals surface area contributed by atoms with E-state index < -0.39 is 0 Å². The molecule has 1 radical (unpaired) electrons. The van der Waals surface area contributed by atoms with Gasteiger partial charge < -0.3 is 4.74 Å². The molecule has 0 aliphatic rings. The molecule has 0 heterocycles. The molecule has 0 saturated heterocycles. The van der Waals surface area contributed by atoms with Gasteiger partial charge in [-0.25, -0.2) is 0 Å². The molecule has 0 spiro atoms. The van der Waals surface area contributed by atoms with Gasteiger partial charge in [0.1, 0.15) is 12.4 Å². The highest BCUT2D eigenvalue weighted by Crippen LogP contribution is 2.40. The minimum absolute atomic E-state index is 0.135. The highest BCUT2D eigenvalue weighted by atomic mass is 16.5. The quantitative estimate of drug-likeness (QED) is 0.230. The van der Waals surface area contributed by atoms with Gasteiger partial charge in [-0.15, -0.1) is 0 Å². The average Bonchev–Trinajstić information content (AvgIpc) is 2.70. The van der Waals surface area contributed by atoms with E-state index in [9.17, 15) is 0 Å². The molecular formula is C29H51O. The maximum atomic E-state index is 6.25. The number of ether oxygens (including phenoxy) is 1. The van der Waals surface area contributed by atoms with Crippen molar-refractivity contribution in [1.82, 2.24) is 0 Å². The number of hydrogen-bond donors (Lipinski definition) is 0. The van der Waals surface area contributed by atoms with Crippen molar-refractivity contribution in [2.75, 3.05) is 0 Å². The third kappa shape index (κ3) is 9.44. The summed E-state index contributed by atoms with van der Waals surface area (Å²) in [7, 11) is 0. The molecular weight excluding hydrogens is 364 g/mol. The monoisotopic (exact) mass is 415 g/mol. The van der Waals surface area contributed by atoms with Crippen LogP contribution in [0.3, 0.4) is 0 Å². The minimum Gasteiger partial charge on any atom is -0.486 e. The molecule has 0 saturated carbocycles. The number of unbranched alkanes of at least 4 members (excludes halogenated alkanes) is 8. The predicted octanol–water partition coefficient (Wildman–Crippen LogP) is 9.91. The van der Waals surface area contributed by atoms with Crippen LogP contribution in [0.4, 0.5) is 0 Å². The van der Waals surface area contributed by atoms with Crippen molar-refractivity contribution in [2.45, 2.75) is 143 Å². The summed E-state index contributed by atoms with van der Waals surface area (Å²) in [5.41, 5.74) is 3.21. The Morgan fingerprint density at radius 3 is 1.87 bits per heavy atom. The van der Waals surface area contributed by atoms with Crippen LogP contribution in [0.5, 0.6) is 5.75 Å². The number of hydrogen-bond acceptors (Lipinski definition) is 1. The zero-order chi connectivity index (χ0) is 22.5. The molecule has 0 aliphatic carbocycles. The van der Waals surface area contributed by atoms with E-state index in [1.165, 1.54) is 88.2 Å². The predicted molar refractivity (Wildman–Crippen MR) is 134 cm³/mol. The average molecular weight is 416 g/mol. The molecule has 1 aromatic carbocycles. The second-order valence-electron chi connectivity index (χ2n) is 10.5. The van der Waals surface area contributed by atoms with E-state index in [2.05, 4.69) is 66.7 Å². The summed E-state index contributed by atoms with van der Waals surface area (Å²) < 4.78 is 6.25.